The maximum absolute atomic E-state index is 12.2. The molecule has 150 valence electrons. The molecule has 1 unspecified atom stereocenters. The minimum atomic E-state index is -0.0971. The van der Waals surface area contributed by atoms with Crippen LogP contribution in [-0.2, 0) is 17.9 Å². The van der Waals surface area contributed by atoms with Gasteiger partial charge in [0.1, 0.15) is 5.75 Å². The number of carbonyl (C=O) groups is 1. The zero-order valence-electron chi connectivity index (χ0n) is 17.1. The largest absolute Gasteiger partial charge is 0.483 e. The van der Waals surface area contributed by atoms with Crippen molar-refractivity contribution in [2.45, 2.75) is 52.1 Å². The monoisotopic (exact) mass is 380 g/mol. The highest BCUT2D eigenvalue weighted by Crippen LogP contribution is 2.28. The fourth-order valence-corrected chi connectivity index (χ4v) is 3.60. The lowest BCUT2D eigenvalue weighted by molar-refractivity contribution is -0.123. The fraction of sp³-hybridized carbons (Fsp3) is 0.458. The molecule has 0 radical (unpaired) electrons. The summed E-state index contributed by atoms with van der Waals surface area (Å²) in [4.78, 5) is 14.7. The number of hydrogen-bond donors (Lipinski definition) is 1. The Bertz CT molecular complexity index is 751. The van der Waals surface area contributed by atoms with Gasteiger partial charge < -0.3 is 10.1 Å². The van der Waals surface area contributed by atoms with Gasteiger partial charge in [-0.15, -0.1) is 0 Å². The van der Waals surface area contributed by atoms with Crippen molar-refractivity contribution in [1.82, 2.24) is 10.2 Å². The van der Waals surface area contributed by atoms with E-state index in [1.165, 1.54) is 31.5 Å². The lowest BCUT2D eigenvalue weighted by Crippen LogP contribution is -2.28. The molecule has 0 saturated carbocycles. The molecule has 4 heteroatoms. The van der Waals surface area contributed by atoms with E-state index in [0.29, 0.717) is 12.5 Å². The molecule has 2 aromatic carbocycles. The topological polar surface area (TPSA) is 41.6 Å². The average molecular weight is 381 g/mol. The first-order valence-electron chi connectivity index (χ1n) is 10.4. The molecule has 1 amide bonds. The predicted octanol–water partition coefficient (Wildman–Crippen LogP) is 4.49. The summed E-state index contributed by atoms with van der Waals surface area (Å²) in [6.45, 7) is 8.34. The van der Waals surface area contributed by atoms with Gasteiger partial charge in [-0.25, -0.2) is 0 Å². The van der Waals surface area contributed by atoms with Gasteiger partial charge in [0.15, 0.2) is 6.61 Å². The van der Waals surface area contributed by atoms with Gasteiger partial charge >= 0.3 is 0 Å². The molecule has 1 N–H and O–H groups in total. The number of nitrogens with zero attached hydrogens (tertiary/aromatic N) is 1. The third-order valence-electron chi connectivity index (χ3n) is 5.54. The van der Waals surface area contributed by atoms with E-state index in [-0.39, 0.29) is 12.5 Å². The van der Waals surface area contributed by atoms with Gasteiger partial charge in [0.2, 0.25) is 0 Å². The third kappa shape index (κ3) is 5.83. The Hall–Kier alpha value is -2.33. The number of amides is 1. The highest BCUT2D eigenvalue weighted by atomic mass is 16.5. The van der Waals surface area contributed by atoms with Gasteiger partial charge in [-0.2, -0.15) is 0 Å². The van der Waals surface area contributed by atoms with Crippen LogP contribution in [0.5, 0.6) is 5.75 Å². The first kappa shape index (κ1) is 20.4. The molecule has 1 aliphatic rings. The van der Waals surface area contributed by atoms with Crippen LogP contribution >= 0.6 is 0 Å². The minimum Gasteiger partial charge on any atom is -0.483 e. The van der Waals surface area contributed by atoms with Crippen molar-refractivity contribution in [3.05, 3.63) is 65.2 Å². The summed E-state index contributed by atoms with van der Waals surface area (Å²) < 4.78 is 5.79. The normalized spacial score (nSPS) is 15.4. The maximum Gasteiger partial charge on any atom is 0.258 e. The van der Waals surface area contributed by atoms with Crippen LogP contribution in [0.15, 0.2) is 48.5 Å². The molecule has 1 atom stereocenters. The number of rotatable bonds is 9. The van der Waals surface area contributed by atoms with Crippen LogP contribution in [-0.4, -0.2) is 30.5 Å². The van der Waals surface area contributed by atoms with Crippen molar-refractivity contribution in [3.63, 3.8) is 0 Å². The quantitative estimate of drug-likeness (QED) is 0.697. The summed E-state index contributed by atoms with van der Waals surface area (Å²) in [6, 6.07) is 16.5. The van der Waals surface area contributed by atoms with E-state index in [0.717, 1.165) is 29.8 Å². The molecule has 4 nitrogen and oxygen atoms in total. The Morgan fingerprint density at radius 3 is 2.46 bits per heavy atom. The second kappa shape index (κ2) is 10.3. The highest BCUT2D eigenvalue weighted by molar-refractivity contribution is 5.77. The van der Waals surface area contributed by atoms with Crippen molar-refractivity contribution in [2.75, 3.05) is 19.7 Å². The molecule has 28 heavy (non-hydrogen) atoms. The number of hydrogen-bond acceptors (Lipinski definition) is 3. The van der Waals surface area contributed by atoms with E-state index >= 15 is 0 Å². The van der Waals surface area contributed by atoms with Crippen LogP contribution in [0.2, 0.25) is 0 Å². The Labute approximate surface area is 168 Å². The standard InChI is InChI=1S/C24H32N2O2/c1-3-19(2)22-8-4-5-9-23(22)28-18-24(27)25-16-20-10-12-21(13-11-20)17-26-14-6-7-15-26/h4-5,8-13,19H,3,6-7,14-18H2,1-2H3,(H,25,27). The third-order valence-corrected chi connectivity index (χ3v) is 5.54. The van der Waals surface area contributed by atoms with Crippen molar-refractivity contribution in [3.8, 4) is 5.75 Å². The highest BCUT2D eigenvalue weighted by Gasteiger charge is 2.12. The first-order chi connectivity index (χ1) is 13.7. The summed E-state index contributed by atoms with van der Waals surface area (Å²) in [5.74, 6) is 1.12. The molecule has 0 spiro atoms. The van der Waals surface area contributed by atoms with Crippen LogP contribution in [0.1, 0.15) is 55.7 Å². The Kier molecular flexibility index (Phi) is 7.49. The summed E-state index contributed by atoms with van der Waals surface area (Å²) in [6.07, 6.45) is 3.67. The SMILES string of the molecule is CCC(C)c1ccccc1OCC(=O)NCc1ccc(CN2CCCC2)cc1. The van der Waals surface area contributed by atoms with E-state index in [1.807, 2.05) is 18.2 Å². The summed E-state index contributed by atoms with van der Waals surface area (Å²) in [5, 5.41) is 2.95. The van der Waals surface area contributed by atoms with Gasteiger partial charge in [0.05, 0.1) is 0 Å². The molecule has 1 saturated heterocycles. The molecule has 1 aliphatic heterocycles. The second-order valence-electron chi connectivity index (χ2n) is 7.71. The van der Waals surface area contributed by atoms with Gasteiger partial charge in [-0.05, 0) is 61.0 Å². The van der Waals surface area contributed by atoms with Gasteiger partial charge in [-0.1, -0.05) is 56.3 Å². The molecular formula is C24H32N2O2. The Morgan fingerprint density at radius 1 is 1.07 bits per heavy atom. The average Bonchev–Trinajstić information content (AvgIpc) is 3.24. The van der Waals surface area contributed by atoms with E-state index in [4.69, 9.17) is 4.74 Å². The van der Waals surface area contributed by atoms with E-state index in [1.54, 1.807) is 0 Å². The van der Waals surface area contributed by atoms with E-state index < -0.39 is 0 Å². The van der Waals surface area contributed by atoms with E-state index in [2.05, 4.69) is 54.4 Å². The molecule has 3 rings (SSSR count). The lowest BCUT2D eigenvalue weighted by Gasteiger charge is -2.16. The molecule has 2 aromatic rings. The molecule has 0 aromatic heterocycles. The van der Waals surface area contributed by atoms with Crippen molar-refractivity contribution in [1.29, 1.82) is 0 Å². The molecule has 1 fully saturated rings. The molecule has 0 aliphatic carbocycles. The minimum absolute atomic E-state index is 0.0422. The number of ether oxygens (including phenoxy) is 1. The number of carbonyl (C=O) groups excluding carboxylic acids is 1. The lowest BCUT2D eigenvalue weighted by atomic mass is 9.98. The van der Waals surface area contributed by atoms with Gasteiger partial charge in [0.25, 0.3) is 5.91 Å². The summed E-state index contributed by atoms with van der Waals surface area (Å²) in [5.41, 5.74) is 3.60. The molecular weight excluding hydrogens is 348 g/mol. The first-order valence-corrected chi connectivity index (χ1v) is 10.4. The van der Waals surface area contributed by atoms with Crippen LogP contribution < -0.4 is 10.1 Å². The van der Waals surface area contributed by atoms with Crippen molar-refractivity contribution in [2.24, 2.45) is 0 Å². The number of nitrogens with one attached hydrogen (secondary N) is 1. The summed E-state index contributed by atoms with van der Waals surface area (Å²) >= 11 is 0. The smallest absolute Gasteiger partial charge is 0.258 e. The molecule has 0 bridgehead atoms. The zero-order valence-corrected chi connectivity index (χ0v) is 17.1. The zero-order chi connectivity index (χ0) is 19.8. The van der Waals surface area contributed by atoms with Crippen LogP contribution in [0.25, 0.3) is 0 Å². The van der Waals surface area contributed by atoms with Crippen molar-refractivity contribution >= 4 is 5.91 Å². The number of para-hydroxylation sites is 1. The van der Waals surface area contributed by atoms with Crippen molar-refractivity contribution < 1.29 is 9.53 Å². The maximum atomic E-state index is 12.2. The summed E-state index contributed by atoms with van der Waals surface area (Å²) in [7, 11) is 0. The van der Waals surface area contributed by atoms with Crippen LogP contribution in [0.4, 0.5) is 0 Å². The predicted molar refractivity (Wildman–Crippen MR) is 113 cm³/mol. The second-order valence-corrected chi connectivity index (χ2v) is 7.71. The fourth-order valence-electron chi connectivity index (χ4n) is 3.60. The van der Waals surface area contributed by atoms with Crippen LogP contribution in [0.3, 0.4) is 0 Å². The number of benzene rings is 2. The Morgan fingerprint density at radius 2 is 1.75 bits per heavy atom. The van der Waals surface area contributed by atoms with Crippen LogP contribution in [0, 0.1) is 0 Å². The van der Waals surface area contributed by atoms with Gasteiger partial charge in [0, 0.05) is 13.1 Å². The van der Waals surface area contributed by atoms with E-state index in [9.17, 15) is 4.79 Å². The van der Waals surface area contributed by atoms with Gasteiger partial charge in [-0.3, -0.25) is 9.69 Å². The number of likely N-dealkylation sites (tertiary alicyclic amines) is 1. The molecule has 1 heterocycles. The Balaban J connectivity index is 1.44.